The van der Waals surface area contributed by atoms with Crippen molar-refractivity contribution < 1.29 is 0 Å². The van der Waals surface area contributed by atoms with E-state index in [4.69, 9.17) is 4.99 Å². The van der Waals surface area contributed by atoms with E-state index < -0.39 is 0 Å². The van der Waals surface area contributed by atoms with Gasteiger partial charge in [0.1, 0.15) is 0 Å². The Balaban J connectivity index is 0.00000225. The smallest absolute Gasteiger partial charge is 0.194 e. The molecule has 140 valence electrons. The predicted molar refractivity (Wildman–Crippen MR) is 119 cm³/mol. The molecular weight excluding hydrogens is 443 g/mol. The summed E-state index contributed by atoms with van der Waals surface area (Å²) in [7, 11) is 0. The fourth-order valence-corrected chi connectivity index (χ4v) is 5.36. The van der Waals surface area contributed by atoms with Crippen LogP contribution in [0.3, 0.4) is 0 Å². The van der Waals surface area contributed by atoms with E-state index in [2.05, 4.69) is 46.0 Å². The molecule has 4 nitrogen and oxygen atoms in total. The molecule has 0 atom stereocenters. The van der Waals surface area contributed by atoms with Gasteiger partial charge in [-0.15, -0.1) is 24.0 Å². The minimum absolute atomic E-state index is 0. The summed E-state index contributed by atoms with van der Waals surface area (Å²) >= 11 is 2.21. The van der Waals surface area contributed by atoms with Gasteiger partial charge in [-0.05, 0) is 38.8 Å². The van der Waals surface area contributed by atoms with Crippen LogP contribution in [-0.4, -0.2) is 46.0 Å². The quantitative estimate of drug-likeness (QED) is 0.405. The van der Waals surface area contributed by atoms with Gasteiger partial charge in [0.15, 0.2) is 5.96 Å². The lowest BCUT2D eigenvalue weighted by Crippen LogP contribution is -2.53. The largest absolute Gasteiger partial charge is 0.357 e. The van der Waals surface area contributed by atoms with Crippen LogP contribution in [0.2, 0.25) is 0 Å². The van der Waals surface area contributed by atoms with E-state index in [-0.39, 0.29) is 24.0 Å². The van der Waals surface area contributed by atoms with Crippen LogP contribution in [0.4, 0.5) is 0 Å². The van der Waals surface area contributed by atoms with Crippen molar-refractivity contribution in [3.8, 4) is 0 Å². The number of aliphatic imine (C=N–C) groups is 1. The van der Waals surface area contributed by atoms with Gasteiger partial charge in [-0.3, -0.25) is 4.98 Å². The lowest BCUT2D eigenvalue weighted by atomic mass is 9.87. The monoisotopic (exact) mass is 474 g/mol. The Labute approximate surface area is 173 Å². The van der Waals surface area contributed by atoms with E-state index in [0.29, 0.717) is 11.3 Å². The van der Waals surface area contributed by atoms with Gasteiger partial charge in [-0.2, -0.15) is 11.8 Å². The first-order valence-electron chi connectivity index (χ1n) is 9.30. The summed E-state index contributed by atoms with van der Waals surface area (Å²) in [4.78, 5) is 11.9. The van der Waals surface area contributed by atoms with Crippen LogP contribution in [-0.2, 0) is 6.54 Å². The van der Waals surface area contributed by atoms with E-state index in [1.165, 1.54) is 37.9 Å². The average molecular weight is 474 g/mol. The van der Waals surface area contributed by atoms with Crippen LogP contribution in [0, 0.1) is 6.92 Å². The molecule has 0 unspecified atom stereocenters. The lowest BCUT2D eigenvalue weighted by molar-refractivity contribution is 0.293. The topological polar surface area (TPSA) is 40.5 Å². The SMILES string of the molecule is CCNC(=NCc1cccc(C)n1)N1CCSC2(CCCCC2)C1.I. The Morgan fingerprint density at radius 1 is 1.32 bits per heavy atom. The summed E-state index contributed by atoms with van der Waals surface area (Å²) in [5, 5.41) is 3.50. The molecule has 1 aromatic rings. The summed E-state index contributed by atoms with van der Waals surface area (Å²) in [5.41, 5.74) is 2.10. The molecule has 0 amide bonds. The Kier molecular flexibility index (Phi) is 8.32. The molecular formula is C19H31IN4S. The van der Waals surface area contributed by atoms with Gasteiger partial charge in [0.25, 0.3) is 0 Å². The molecule has 25 heavy (non-hydrogen) atoms. The number of hydrogen-bond acceptors (Lipinski definition) is 3. The Morgan fingerprint density at radius 3 is 2.84 bits per heavy atom. The van der Waals surface area contributed by atoms with Crippen molar-refractivity contribution >= 4 is 41.7 Å². The number of nitrogens with one attached hydrogen (secondary N) is 1. The maximum Gasteiger partial charge on any atom is 0.194 e. The molecule has 1 saturated carbocycles. The molecule has 0 bridgehead atoms. The van der Waals surface area contributed by atoms with E-state index in [9.17, 15) is 0 Å². The van der Waals surface area contributed by atoms with E-state index >= 15 is 0 Å². The molecule has 0 aromatic carbocycles. The highest BCUT2D eigenvalue weighted by Gasteiger charge is 2.38. The maximum atomic E-state index is 4.89. The lowest BCUT2D eigenvalue weighted by Gasteiger charge is -2.45. The van der Waals surface area contributed by atoms with Crippen molar-refractivity contribution in [3.05, 3.63) is 29.6 Å². The van der Waals surface area contributed by atoms with E-state index in [0.717, 1.165) is 37.0 Å². The van der Waals surface area contributed by atoms with Crippen LogP contribution in [0.25, 0.3) is 0 Å². The summed E-state index contributed by atoms with van der Waals surface area (Å²) < 4.78 is 0.467. The zero-order chi connectivity index (χ0) is 16.8. The number of nitrogens with zero attached hydrogens (tertiary/aromatic N) is 3. The normalized spacial score (nSPS) is 20.2. The molecule has 1 N–H and O–H groups in total. The van der Waals surface area contributed by atoms with Crippen molar-refractivity contribution in [3.63, 3.8) is 0 Å². The maximum absolute atomic E-state index is 4.89. The molecule has 1 aliphatic heterocycles. The Hall–Kier alpha value is -0.500. The Morgan fingerprint density at radius 2 is 2.12 bits per heavy atom. The zero-order valence-electron chi connectivity index (χ0n) is 15.5. The van der Waals surface area contributed by atoms with Gasteiger partial charge in [0.2, 0.25) is 0 Å². The average Bonchev–Trinajstić information content (AvgIpc) is 2.59. The second-order valence-electron chi connectivity index (χ2n) is 6.95. The minimum Gasteiger partial charge on any atom is -0.357 e. The van der Waals surface area contributed by atoms with E-state index in [1.54, 1.807) is 0 Å². The first-order valence-corrected chi connectivity index (χ1v) is 10.3. The molecule has 0 radical (unpaired) electrons. The van der Waals surface area contributed by atoms with Gasteiger partial charge < -0.3 is 10.2 Å². The second kappa shape index (κ2) is 10.00. The number of hydrogen-bond donors (Lipinski definition) is 1. The number of rotatable bonds is 3. The van der Waals surface area contributed by atoms with Crippen LogP contribution in [0.5, 0.6) is 0 Å². The first kappa shape index (κ1) is 20.8. The number of pyridine rings is 1. The van der Waals surface area contributed by atoms with Crippen LogP contribution in [0.15, 0.2) is 23.2 Å². The Bertz CT molecular complexity index is 567. The molecule has 1 saturated heterocycles. The van der Waals surface area contributed by atoms with Crippen molar-refractivity contribution in [2.75, 3.05) is 25.4 Å². The van der Waals surface area contributed by atoms with Crippen molar-refractivity contribution in [2.45, 2.75) is 57.2 Å². The summed E-state index contributed by atoms with van der Waals surface area (Å²) in [6.45, 7) is 7.99. The van der Waals surface area contributed by atoms with Crippen LogP contribution in [0.1, 0.15) is 50.4 Å². The number of aryl methyl sites for hydroxylation is 1. The highest BCUT2D eigenvalue weighted by atomic mass is 127. The van der Waals surface area contributed by atoms with Gasteiger partial charge in [0.05, 0.1) is 12.2 Å². The number of halogens is 1. The molecule has 6 heteroatoms. The van der Waals surface area contributed by atoms with Gasteiger partial charge in [0, 0.05) is 35.8 Å². The molecule has 2 aliphatic rings. The third kappa shape index (κ3) is 5.74. The first-order chi connectivity index (χ1) is 11.7. The third-order valence-electron chi connectivity index (χ3n) is 4.98. The van der Waals surface area contributed by atoms with Crippen LogP contribution < -0.4 is 5.32 Å². The minimum atomic E-state index is 0. The highest BCUT2D eigenvalue weighted by Crippen LogP contribution is 2.42. The molecule has 1 aromatic heterocycles. The molecule has 3 rings (SSSR count). The summed E-state index contributed by atoms with van der Waals surface area (Å²) in [6, 6.07) is 6.16. The molecule has 1 spiro atoms. The summed E-state index contributed by atoms with van der Waals surface area (Å²) in [6.07, 6.45) is 6.93. The zero-order valence-corrected chi connectivity index (χ0v) is 18.6. The number of thioether (sulfide) groups is 1. The third-order valence-corrected chi connectivity index (χ3v) is 6.52. The highest BCUT2D eigenvalue weighted by molar-refractivity contribution is 14.0. The van der Waals surface area contributed by atoms with Crippen molar-refractivity contribution in [2.24, 2.45) is 4.99 Å². The second-order valence-corrected chi connectivity index (χ2v) is 8.52. The summed E-state index contributed by atoms with van der Waals surface area (Å²) in [5.74, 6) is 2.28. The predicted octanol–water partition coefficient (Wildman–Crippen LogP) is 4.23. The van der Waals surface area contributed by atoms with Crippen molar-refractivity contribution in [1.29, 1.82) is 0 Å². The van der Waals surface area contributed by atoms with E-state index in [1.807, 2.05) is 13.0 Å². The standard InChI is InChI=1S/C19H30N4S.HI/c1-3-20-18(21-14-17-9-7-8-16(2)22-17)23-12-13-24-19(15-23)10-5-4-6-11-19;/h7-9H,3-6,10-15H2,1-2H3,(H,20,21);1H. The fourth-order valence-electron chi connectivity index (χ4n) is 3.79. The number of guanidine groups is 1. The fraction of sp³-hybridized carbons (Fsp3) is 0.684. The van der Waals surface area contributed by atoms with Crippen molar-refractivity contribution in [1.82, 2.24) is 15.2 Å². The van der Waals surface area contributed by atoms with Crippen LogP contribution >= 0.6 is 35.7 Å². The molecule has 2 fully saturated rings. The van der Waals surface area contributed by atoms with Gasteiger partial charge in [-0.1, -0.05) is 25.3 Å². The molecule has 2 heterocycles. The molecule has 1 aliphatic carbocycles. The van der Waals surface area contributed by atoms with Gasteiger partial charge >= 0.3 is 0 Å². The number of aromatic nitrogens is 1. The van der Waals surface area contributed by atoms with Gasteiger partial charge in [-0.25, -0.2) is 4.99 Å².